The van der Waals surface area contributed by atoms with Crippen LogP contribution < -0.4 is 10.6 Å². The molecule has 2 N–H and O–H groups in total. The fourth-order valence-electron chi connectivity index (χ4n) is 4.64. The summed E-state index contributed by atoms with van der Waals surface area (Å²) in [6.45, 7) is 0. The van der Waals surface area contributed by atoms with E-state index in [0.29, 0.717) is 33.8 Å². The summed E-state index contributed by atoms with van der Waals surface area (Å²) in [6, 6.07) is 5.55. The van der Waals surface area contributed by atoms with Crippen molar-refractivity contribution in [1.29, 1.82) is 0 Å². The molecule has 0 aliphatic heterocycles. The van der Waals surface area contributed by atoms with E-state index in [4.69, 9.17) is 11.6 Å². The number of tetrazole rings is 1. The van der Waals surface area contributed by atoms with Gasteiger partial charge in [0.25, 0.3) is 0 Å². The molecule has 7 nitrogen and oxygen atoms in total. The van der Waals surface area contributed by atoms with Crippen LogP contribution in [-0.2, 0) is 0 Å². The number of hydrogen-bond donors (Lipinski definition) is 2. The van der Waals surface area contributed by atoms with Crippen LogP contribution in [0.1, 0.15) is 63.1 Å². The van der Waals surface area contributed by atoms with Crippen LogP contribution in [0, 0.1) is 5.41 Å². The molecule has 3 saturated carbocycles. The molecule has 2 aromatic rings. The number of anilines is 1. The standard InChI is InChI=1S/C19H23ClN6O/c20-14-6-5-13(11-15(14)26-17(12-3-4-12)23-24-25-26)21-18(27)22-16-7-10-19(16)8-1-2-9-19/h5-6,11-12,16H,1-4,7-10H2,(H2,21,22,27). The molecule has 2 amide bonds. The molecule has 27 heavy (non-hydrogen) atoms. The number of hydrogen-bond acceptors (Lipinski definition) is 4. The van der Waals surface area contributed by atoms with Gasteiger partial charge in [0.2, 0.25) is 0 Å². The second-order valence-corrected chi connectivity index (χ2v) is 8.56. The van der Waals surface area contributed by atoms with Gasteiger partial charge in [0, 0.05) is 17.6 Å². The summed E-state index contributed by atoms with van der Waals surface area (Å²) < 4.78 is 1.68. The number of carbonyl (C=O) groups excluding carboxylic acids is 1. The average Bonchev–Trinajstić information content (AvgIpc) is 3.17. The molecule has 1 aromatic carbocycles. The molecule has 0 bridgehead atoms. The SMILES string of the molecule is O=C(Nc1ccc(Cl)c(-n2nnnc2C2CC2)c1)NC1CCC12CCCC2. The number of amides is 2. The lowest BCUT2D eigenvalue weighted by Crippen LogP contribution is -2.54. The van der Waals surface area contributed by atoms with Crippen molar-refractivity contribution < 1.29 is 4.79 Å². The number of carbonyl (C=O) groups is 1. The highest BCUT2D eigenvalue weighted by Gasteiger charge is 2.48. The van der Waals surface area contributed by atoms with Crippen molar-refractivity contribution in [2.75, 3.05) is 5.32 Å². The minimum absolute atomic E-state index is 0.154. The number of aromatic nitrogens is 4. The molecule has 0 saturated heterocycles. The number of halogens is 1. The number of nitrogens with zero attached hydrogens (tertiary/aromatic N) is 4. The number of rotatable bonds is 4. The summed E-state index contributed by atoms with van der Waals surface area (Å²) in [6.07, 6.45) is 9.58. The van der Waals surface area contributed by atoms with E-state index in [-0.39, 0.29) is 6.03 Å². The quantitative estimate of drug-likeness (QED) is 0.830. The van der Waals surface area contributed by atoms with Gasteiger partial charge in [-0.05, 0) is 72.6 Å². The van der Waals surface area contributed by atoms with Gasteiger partial charge in [0.1, 0.15) is 0 Å². The predicted octanol–water partition coefficient (Wildman–Crippen LogP) is 4.04. The molecular formula is C19H23ClN6O. The first-order chi connectivity index (χ1) is 13.1. The van der Waals surface area contributed by atoms with Gasteiger partial charge in [-0.2, -0.15) is 4.68 Å². The largest absolute Gasteiger partial charge is 0.335 e. The first-order valence-corrected chi connectivity index (χ1v) is 10.2. The summed E-state index contributed by atoms with van der Waals surface area (Å²) in [5, 5.41) is 18.7. The van der Waals surface area contributed by atoms with Gasteiger partial charge in [0.05, 0.1) is 10.7 Å². The molecule has 1 aromatic heterocycles. The van der Waals surface area contributed by atoms with Gasteiger partial charge in [-0.3, -0.25) is 0 Å². The first kappa shape index (κ1) is 17.0. The van der Waals surface area contributed by atoms with Crippen LogP contribution in [0.15, 0.2) is 18.2 Å². The van der Waals surface area contributed by atoms with Gasteiger partial charge in [-0.25, -0.2) is 4.79 Å². The molecule has 1 atom stereocenters. The van der Waals surface area contributed by atoms with E-state index in [2.05, 4.69) is 26.2 Å². The van der Waals surface area contributed by atoms with Crippen LogP contribution in [0.2, 0.25) is 5.02 Å². The van der Waals surface area contributed by atoms with Crippen molar-refractivity contribution in [2.45, 2.75) is 63.3 Å². The summed E-state index contributed by atoms with van der Waals surface area (Å²) in [5.41, 5.74) is 1.73. The molecular weight excluding hydrogens is 364 g/mol. The molecule has 1 spiro atoms. The van der Waals surface area contributed by atoms with E-state index in [1.54, 1.807) is 16.8 Å². The van der Waals surface area contributed by atoms with Crippen molar-refractivity contribution in [1.82, 2.24) is 25.5 Å². The normalized spacial score (nSPS) is 23.2. The fraction of sp³-hybridized carbons (Fsp3) is 0.579. The van der Waals surface area contributed by atoms with Gasteiger partial charge in [-0.1, -0.05) is 24.4 Å². The third kappa shape index (κ3) is 3.08. The third-order valence-electron chi connectivity index (χ3n) is 6.44. The van der Waals surface area contributed by atoms with Gasteiger partial charge in [-0.15, -0.1) is 5.10 Å². The average molecular weight is 387 g/mol. The fourth-order valence-corrected chi connectivity index (χ4v) is 4.84. The Morgan fingerprint density at radius 3 is 2.70 bits per heavy atom. The predicted molar refractivity (Wildman–Crippen MR) is 102 cm³/mol. The minimum Gasteiger partial charge on any atom is -0.335 e. The van der Waals surface area contributed by atoms with Crippen molar-refractivity contribution in [3.8, 4) is 5.69 Å². The molecule has 3 fully saturated rings. The number of benzene rings is 1. The lowest BCUT2D eigenvalue weighted by atomic mass is 9.63. The molecule has 3 aliphatic rings. The highest BCUT2D eigenvalue weighted by atomic mass is 35.5. The summed E-state index contributed by atoms with van der Waals surface area (Å²) in [4.78, 5) is 12.5. The highest BCUT2D eigenvalue weighted by molar-refractivity contribution is 6.32. The van der Waals surface area contributed by atoms with Crippen LogP contribution in [0.5, 0.6) is 0 Å². The van der Waals surface area contributed by atoms with Crippen molar-refractivity contribution in [3.05, 3.63) is 29.0 Å². The zero-order valence-electron chi connectivity index (χ0n) is 15.1. The number of nitrogens with one attached hydrogen (secondary N) is 2. The Morgan fingerprint density at radius 1 is 1.19 bits per heavy atom. The van der Waals surface area contributed by atoms with Gasteiger partial charge in [0.15, 0.2) is 5.82 Å². The van der Waals surface area contributed by atoms with Gasteiger partial charge < -0.3 is 10.6 Å². The lowest BCUT2D eigenvalue weighted by molar-refractivity contribution is 0.0811. The molecule has 142 valence electrons. The summed E-state index contributed by atoms with van der Waals surface area (Å²) in [7, 11) is 0. The second kappa shape index (κ2) is 6.48. The molecule has 3 aliphatic carbocycles. The van der Waals surface area contributed by atoms with Crippen LogP contribution in [0.25, 0.3) is 5.69 Å². The Labute approximate surface area is 162 Å². The number of urea groups is 1. The second-order valence-electron chi connectivity index (χ2n) is 8.15. The minimum atomic E-state index is -0.154. The molecule has 1 heterocycles. The maximum absolute atomic E-state index is 12.5. The van der Waals surface area contributed by atoms with Crippen molar-refractivity contribution >= 4 is 23.3 Å². The van der Waals surface area contributed by atoms with Crippen LogP contribution in [-0.4, -0.2) is 32.3 Å². The molecule has 5 rings (SSSR count). The van der Waals surface area contributed by atoms with Crippen LogP contribution in [0.3, 0.4) is 0 Å². The summed E-state index contributed by atoms with van der Waals surface area (Å²) in [5.74, 6) is 1.23. The van der Waals surface area contributed by atoms with Gasteiger partial charge >= 0.3 is 6.03 Å². The Morgan fingerprint density at radius 2 is 2.00 bits per heavy atom. The molecule has 1 unspecified atom stereocenters. The monoisotopic (exact) mass is 386 g/mol. The van der Waals surface area contributed by atoms with E-state index in [1.807, 2.05) is 6.07 Å². The van der Waals surface area contributed by atoms with E-state index in [0.717, 1.165) is 25.1 Å². The van der Waals surface area contributed by atoms with Crippen molar-refractivity contribution in [2.24, 2.45) is 5.41 Å². The zero-order valence-corrected chi connectivity index (χ0v) is 15.9. The molecule has 8 heteroatoms. The zero-order chi connectivity index (χ0) is 18.4. The Kier molecular flexibility index (Phi) is 4.07. The third-order valence-corrected chi connectivity index (χ3v) is 6.76. The Hall–Kier alpha value is -2.15. The maximum Gasteiger partial charge on any atom is 0.319 e. The smallest absolute Gasteiger partial charge is 0.319 e. The van der Waals surface area contributed by atoms with Crippen molar-refractivity contribution in [3.63, 3.8) is 0 Å². The van der Waals surface area contributed by atoms with Crippen LogP contribution >= 0.6 is 11.6 Å². The first-order valence-electron chi connectivity index (χ1n) is 9.80. The maximum atomic E-state index is 12.5. The van der Waals surface area contributed by atoms with E-state index in [9.17, 15) is 4.79 Å². The Bertz CT molecular complexity index is 871. The Balaban J connectivity index is 1.31. The topological polar surface area (TPSA) is 84.7 Å². The van der Waals surface area contributed by atoms with Crippen LogP contribution in [0.4, 0.5) is 10.5 Å². The van der Waals surface area contributed by atoms with E-state index >= 15 is 0 Å². The van der Waals surface area contributed by atoms with E-state index < -0.39 is 0 Å². The molecule has 0 radical (unpaired) electrons. The van der Waals surface area contributed by atoms with E-state index in [1.165, 1.54) is 32.1 Å². The lowest BCUT2D eigenvalue weighted by Gasteiger charge is -2.47. The highest BCUT2D eigenvalue weighted by Crippen LogP contribution is 2.53. The summed E-state index contributed by atoms with van der Waals surface area (Å²) >= 11 is 6.37.